The van der Waals surface area contributed by atoms with E-state index in [1.807, 2.05) is 0 Å². The lowest BCUT2D eigenvalue weighted by atomic mass is 10.1. The van der Waals surface area contributed by atoms with Crippen LogP contribution in [0.5, 0.6) is 0 Å². The number of amides is 1. The van der Waals surface area contributed by atoms with E-state index in [1.165, 1.54) is 12.1 Å². The number of halogens is 2. The Balaban J connectivity index is 2.43. The van der Waals surface area contributed by atoms with Gasteiger partial charge in [-0.1, -0.05) is 12.1 Å². The number of hydrogen-bond acceptors (Lipinski definition) is 2. The normalized spacial score (nSPS) is 11.9. The number of hydrogen-bond donors (Lipinski definition) is 2. The van der Waals surface area contributed by atoms with Gasteiger partial charge in [-0.05, 0) is 25.8 Å². The minimum absolute atomic E-state index is 0.000218. The molecule has 1 aromatic rings. The Morgan fingerprint density at radius 2 is 2.05 bits per heavy atom. The van der Waals surface area contributed by atoms with Gasteiger partial charge in [0.05, 0.1) is 6.42 Å². The first-order valence-electron chi connectivity index (χ1n) is 6.34. The second-order valence-corrected chi connectivity index (χ2v) is 4.64. The zero-order chi connectivity index (χ0) is 15.1. The molecule has 110 valence electrons. The monoisotopic (exact) mass is 285 g/mol. The molecular formula is C14H17F2NO3. The largest absolute Gasteiger partial charge is 0.481 e. The van der Waals surface area contributed by atoms with E-state index in [1.54, 1.807) is 6.92 Å². The number of benzene rings is 1. The number of carboxylic acids is 1. The molecule has 1 unspecified atom stereocenters. The van der Waals surface area contributed by atoms with Crippen LogP contribution in [-0.2, 0) is 16.0 Å². The van der Waals surface area contributed by atoms with Crippen LogP contribution < -0.4 is 5.32 Å². The summed E-state index contributed by atoms with van der Waals surface area (Å²) in [5, 5.41) is 11.1. The first-order valence-corrected chi connectivity index (χ1v) is 6.34. The van der Waals surface area contributed by atoms with Crippen LogP contribution in [-0.4, -0.2) is 23.0 Å². The van der Waals surface area contributed by atoms with Crippen molar-refractivity contribution in [2.75, 3.05) is 0 Å². The van der Waals surface area contributed by atoms with Crippen molar-refractivity contribution in [3.05, 3.63) is 35.4 Å². The summed E-state index contributed by atoms with van der Waals surface area (Å²) >= 11 is 0. The molecule has 20 heavy (non-hydrogen) atoms. The lowest BCUT2D eigenvalue weighted by Crippen LogP contribution is -2.34. The molecule has 0 aliphatic carbocycles. The Kier molecular flexibility index (Phi) is 6.09. The highest BCUT2D eigenvalue weighted by atomic mass is 19.2. The first-order chi connectivity index (χ1) is 9.40. The molecule has 1 atom stereocenters. The average molecular weight is 285 g/mol. The number of carbonyl (C=O) groups is 2. The number of rotatable bonds is 7. The van der Waals surface area contributed by atoms with Crippen LogP contribution in [0.1, 0.15) is 31.7 Å². The van der Waals surface area contributed by atoms with Crippen molar-refractivity contribution in [2.45, 2.75) is 38.6 Å². The lowest BCUT2D eigenvalue weighted by molar-refractivity contribution is -0.137. The fourth-order valence-corrected chi connectivity index (χ4v) is 1.82. The fourth-order valence-electron chi connectivity index (χ4n) is 1.82. The molecule has 0 saturated carbocycles. The standard InChI is InChI=1S/C14H17F2NO3/c1-9(4-2-7-13(19)20)17-12(18)8-10-5-3-6-11(15)14(10)16/h3,5-6,9H,2,4,7-8H2,1H3,(H,17,18)(H,19,20). The summed E-state index contributed by atoms with van der Waals surface area (Å²) < 4.78 is 26.3. The maximum atomic E-state index is 13.4. The number of carbonyl (C=O) groups excluding carboxylic acids is 1. The van der Waals surface area contributed by atoms with Gasteiger partial charge in [-0.3, -0.25) is 9.59 Å². The molecule has 0 bridgehead atoms. The summed E-state index contributed by atoms with van der Waals surface area (Å²) in [6, 6.07) is 3.48. The molecular weight excluding hydrogens is 268 g/mol. The molecule has 0 aromatic heterocycles. The van der Waals surface area contributed by atoms with Gasteiger partial charge in [-0.25, -0.2) is 8.78 Å². The summed E-state index contributed by atoms with van der Waals surface area (Å²) in [6.45, 7) is 1.74. The quantitative estimate of drug-likeness (QED) is 0.807. The predicted molar refractivity (Wildman–Crippen MR) is 69.2 cm³/mol. The second kappa shape index (κ2) is 7.57. The highest BCUT2D eigenvalue weighted by Crippen LogP contribution is 2.12. The van der Waals surface area contributed by atoms with Crippen molar-refractivity contribution in [1.82, 2.24) is 5.32 Å². The van der Waals surface area contributed by atoms with E-state index in [0.29, 0.717) is 12.8 Å². The van der Waals surface area contributed by atoms with Crippen LogP contribution >= 0.6 is 0 Å². The van der Waals surface area contributed by atoms with Crippen LogP contribution in [0.25, 0.3) is 0 Å². The fraction of sp³-hybridized carbons (Fsp3) is 0.429. The first kappa shape index (κ1) is 16.1. The summed E-state index contributed by atoms with van der Waals surface area (Å²) in [6.07, 6.45) is 0.764. The number of carboxylic acid groups (broad SMARTS) is 1. The smallest absolute Gasteiger partial charge is 0.303 e. The van der Waals surface area contributed by atoms with Crippen LogP contribution in [0, 0.1) is 11.6 Å². The minimum Gasteiger partial charge on any atom is -0.481 e. The Bertz CT molecular complexity index is 491. The Morgan fingerprint density at radius 1 is 1.35 bits per heavy atom. The van der Waals surface area contributed by atoms with Gasteiger partial charge in [0.25, 0.3) is 0 Å². The SMILES string of the molecule is CC(CCCC(=O)O)NC(=O)Cc1cccc(F)c1F. The van der Waals surface area contributed by atoms with E-state index in [2.05, 4.69) is 5.32 Å². The summed E-state index contributed by atoms with van der Waals surface area (Å²) in [7, 11) is 0. The lowest BCUT2D eigenvalue weighted by Gasteiger charge is -2.13. The summed E-state index contributed by atoms with van der Waals surface area (Å²) in [5.74, 6) is -3.30. The van der Waals surface area contributed by atoms with Gasteiger partial charge in [0.2, 0.25) is 5.91 Å². The van der Waals surface area contributed by atoms with Crippen molar-refractivity contribution in [1.29, 1.82) is 0 Å². The summed E-state index contributed by atoms with van der Waals surface area (Å²) in [4.78, 5) is 22.0. The predicted octanol–water partition coefficient (Wildman–Crippen LogP) is 2.27. The highest BCUT2D eigenvalue weighted by molar-refractivity contribution is 5.78. The average Bonchev–Trinajstić information content (AvgIpc) is 2.34. The third-order valence-electron chi connectivity index (χ3n) is 2.82. The van der Waals surface area contributed by atoms with Gasteiger partial charge < -0.3 is 10.4 Å². The maximum absolute atomic E-state index is 13.4. The van der Waals surface area contributed by atoms with Crippen molar-refractivity contribution in [3.63, 3.8) is 0 Å². The molecule has 0 radical (unpaired) electrons. The van der Waals surface area contributed by atoms with Crippen molar-refractivity contribution < 1.29 is 23.5 Å². The Morgan fingerprint density at radius 3 is 2.70 bits per heavy atom. The molecule has 1 aromatic carbocycles. The van der Waals surface area contributed by atoms with E-state index in [0.717, 1.165) is 6.07 Å². The van der Waals surface area contributed by atoms with Crippen LogP contribution in [0.2, 0.25) is 0 Å². The molecule has 0 aliphatic rings. The molecule has 1 amide bonds. The zero-order valence-corrected chi connectivity index (χ0v) is 11.2. The van der Waals surface area contributed by atoms with Gasteiger partial charge in [0.1, 0.15) is 0 Å². The van der Waals surface area contributed by atoms with Gasteiger partial charge in [-0.15, -0.1) is 0 Å². The van der Waals surface area contributed by atoms with E-state index in [-0.39, 0.29) is 24.4 Å². The molecule has 0 spiro atoms. The van der Waals surface area contributed by atoms with E-state index < -0.39 is 23.5 Å². The van der Waals surface area contributed by atoms with Crippen LogP contribution in [0.15, 0.2) is 18.2 Å². The Labute approximate surface area is 115 Å². The zero-order valence-electron chi connectivity index (χ0n) is 11.2. The molecule has 0 saturated heterocycles. The molecule has 2 N–H and O–H groups in total. The van der Waals surface area contributed by atoms with E-state index in [9.17, 15) is 18.4 Å². The Hall–Kier alpha value is -1.98. The van der Waals surface area contributed by atoms with Crippen molar-refractivity contribution in [2.24, 2.45) is 0 Å². The molecule has 0 fully saturated rings. The van der Waals surface area contributed by atoms with Gasteiger partial charge >= 0.3 is 5.97 Å². The van der Waals surface area contributed by atoms with Crippen LogP contribution in [0.3, 0.4) is 0 Å². The third-order valence-corrected chi connectivity index (χ3v) is 2.82. The number of aliphatic carboxylic acids is 1. The van der Waals surface area contributed by atoms with Gasteiger partial charge in [0, 0.05) is 18.0 Å². The maximum Gasteiger partial charge on any atom is 0.303 e. The topological polar surface area (TPSA) is 66.4 Å². The molecule has 0 heterocycles. The summed E-state index contributed by atoms with van der Waals surface area (Å²) in [5.41, 5.74) is 0.000218. The molecule has 0 aliphatic heterocycles. The minimum atomic E-state index is -1.01. The van der Waals surface area contributed by atoms with Gasteiger partial charge in [0.15, 0.2) is 11.6 Å². The van der Waals surface area contributed by atoms with Gasteiger partial charge in [-0.2, -0.15) is 0 Å². The van der Waals surface area contributed by atoms with E-state index in [4.69, 9.17) is 5.11 Å². The molecule has 4 nitrogen and oxygen atoms in total. The third kappa shape index (κ3) is 5.34. The highest BCUT2D eigenvalue weighted by Gasteiger charge is 2.13. The molecule has 6 heteroatoms. The van der Waals surface area contributed by atoms with Crippen molar-refractivity contribution in [3.8, 4) is 0 Å². The second-order valence-electron chi connectivity index (χ2n) is 4.64. The van der Waals surface area contributed by atoms with E-state index >= 15 is 0 Å². The molecule has 1 rings (SSSR count). The number of nitrogens with one attached hydrogen (secondary N) is 1. The van der Waals surface area contributed by atoms with Crippen LogP contribution in [0.4, 0.5) is 8.78 Å². The van der Waals surface area contributed by atoms with Crippen molar-refractivity contribution >= 4 is 11.9 Å².